The lowest BCUT2D eigenvalue weighted by Gasteiger charge is -2.22. The van der Waals surface area contributed by atoms with Gasteiger partial charge in [0.25, 0.3) is 0 Å². The molecule has 1 heterocycles. The molecule has 0 saturated heterocycles. The van der Waals surface area contributed by atoms with Crippen LogP contribution in [0, 0.1) is 27.7 Å². The Morgan fingerprint density at radius 1 is 0.667 bits per heavy atom. The molecule has 0 aliphatic heterocycles. The zero-order chi connectivity index (χ0) is 22.8. The Hall–Kier alpha value is -1.27. The SMILES string of the molecule is Cc1cc([Si](C)(C)C)c2op(N(C)C)oc3c([Si](C)(C)C)cc(C)c(C)c3c2c1C. The number of benzene rings is 2. The first kappa shape index (κ1) is 23.4. The number of hydrogen-bond acceptors (Lipinski definition) is 3. The predicted octanol–water partition coefficient (Wildman–Crippen LogP) is 6.81. The van der Waals surface area contributed by atoms with Crippen molar-refractivity contribution in [2.24, 2.45) is 0 Å². The van der Waals surface area contributed by atoms with Gasteiger partial charge in [-0.25, -0.2) is 4.67 Å². The molecule has 0 saturated carbocycles. The largest absolute Gasteiger partial charge is 0.408 e. The van der Waals surface area contributed by atoms with Crippen LogP contribution in [0.1, 0.15) is 22.3 Å². The zero-order valence-corrected chi connectivity index (χ0v) is 23.8. The van der Waals surface area contributed by atoms with E-state index in [1.165, 1.54) is 43.4 Å². The van der Waals surface area contributed by atoms with Crippen molar-refractivity contribution >= 4 is 56.6 Å². The summed E-state index contributed by atoms with van der Waals surface area (Å²) in [6.45, 7) is 23.4. The smallest absolute Gasteiger partial charge is 0.309 e. The minimum absolute atomic E-state index is 1.06. The van der Waals surface area contributed by atoms with Gasteiger partial charge in [0, 0.05) is 24.9 Å². The highest BCUT2D eigenvalue weighted by Gasteiger charge is 2.28. The second kappa shape index (κ2) is 7.70. The molecule has 1 aromatic heterocycles. The van der Waals surface area contributed by atoms with E-state index in [0.29, 0.717) is 0 Å². The van der Waals surface area contributed by atoms with E-state index in [2.05, 4.69) is 97.9 Å². The lowest BCUT2D eigenvalue weighted by molar-refractivity contribution is 0.636. The Morgan fingerprint density at radius 2 is 1.00 bits per heavy atom. The summed E-state index contributed by atoms with van der Waals surface area (Å²) in [4.78, 5) is 0. The molecule has 0 fully saturated rings. The van der Waals surface area contributed by atoms with Crippen molar-refractivity contribution in [1.29, 1.82) is 0 Å². The molecule has 0 aliphatic carbocycles. The first-order valence-corrected chi connectivity index (χ1v) is 18.9. The highest BCUT2D eigenvalue weighted by atomic mass is 31.1. The number of nitrogens with zero attached hydrogens (tertiary/aromatic N) is 1. The number of rotatable bonds is 3. The van der Waals surface area contributed by atoms with Crippen molar-refractivity contribution in [2.75, 3.05) is 18.8 Å². The van der Waals surface area contributed by atoms with Gasteiger partial charge in [-0.1, -0.05) is 51.4 Å². The van der Waals surface area contributed by atoms with Crippen LogP contribution in [0.15, 0.2) is 20.5 Å². The summed E-state index contributed by atoms with van der Waals surface area (Å²) in [5.74, 6) is 0. The predicted molar refractivity (Wildman–Crippen MR) is 141 cm³/mol. The van der Waals surface area contributed by atoms with Gasteiger partial charge in [0.15, 0.2) is 0 Å². The first-order chi connectivity index (χ1) is 13.6. The second-order valence-electron chi connectivity index (χ2n) is 10.9. The molecular weight excluding hydrogens is 421 g/mol. The van der Waals surface area contributed by atoms with Crippen molar-refractivity contribution < 1.29 is 8.39 Å². The van der Waals surface area contributed by atoms with Gasteiger partial charge in [-0.2, -0.15) is 0 Å². The van der Waals surface area contributed by atoms with Crippen LogP contribution in [0.4, 0.5) is 0 Å². The fourth-order valence-corrected chi connectivity index (χ4v) is 8.27. The van der Waals surface area contributed by atoms with E-state index in [0.717, 1.165) is 11.2 Å². The van der Waals surface area contributed by atoms with Crippen molar-refractivity contribution in [2.45, 2.75) is 67.0 Å². The average Bonchev–Trinajstić information content (AvgIpc) is 2.77. The molecule has 3 rings (SSSR count). The van der Waals surface area contributed by atoms with Crippen LogP contribution in [-0.4, -0.2) is 30.2 Å². The first-order valence-electron chi connectivity index (χ1n) is 10.8. The molecule has 3 nitrogen and oxygen atoms in total. The van der Waals surface area contributed by atoms with Gasteiger partial charge in [-0.3, -0.25) is 0 Å². The third-order valence-electron chi connectivity index (χ3n) is 6.13. The lowest BCUT2D eigenvalue weighted by atomic mass is 9.97. The Balaban J connectivity index is 2.84. The summed E-state index contributed by atoms with van der Waals surface area (Å²) in [7, 11) is -0.383. The highest BCUT2D eigenvalue weighted by Crippen LogP contribution is 2.39. The third-order valence-corrected chi connectivity index (χ3v) is 11.4. The van der Waals surface area contributed by atoms with Crippen LogP contribution in [-0.2, 0) is 0 Å². The summed E-state index contributed by atoms with van der Waals surface area (Å²) in [5, 5.41) is 5.30. The van der Waals surface area contributed by atoms with E-state index in [1.807, 2.05) is 0 Å². The molecule has 0 unspecified atom stereocenters. The zero-order valence-electron chi connectivity index (χ0n) is 20.9. The Bertz CT molecular complexity index is 1090. The average molecular weight is 460 g/mol. The lowest BCUT2D eigenvalue weighted by Crippen LogP contribution is -2.39. The van der Waals surface area contributed by atoms with E-state index in [1.54, 1.807) is 0 Å². The summed E-state index contributed by atoms with van der Waals surface area (Å²) < 4.78 is 15.6. The van der Waals surface area contributed by atoms with E-state index in [9.17, 15) is 0 Å². The summed E-state index contributed by atoms with van der Waals surface area (Å²) >= 11 is 0. The highest BCUT2D eigenvalue weighted by molar-refractivity contribution is 7.38. The third kappa shape index (κ3) is 3.98. The van der Waals surface area contributed by atoms with Gasteiger partial charge in [-0.15, -0.1) is 0 Å². The molecular formula is C24H38NO2PSi2. The maximum absolute atomic E-state index is 6.78. The van der Waals surface area contributed by atoms with E-state index < -0.39 is 24.3 Å². The molecule has 0 atom stereocenters. The van der Waals surface area contributed by atoms with Crippen molar-refractivity contribution in [3.05, 3.63) is 34.4 Å². The maximum Gasteiger partial charge on any atom is 0.309 e. The van der Waals surface area contributed by atoms with Crippen molar-refractivity contribution in [1.82, 2.24) is 0 Å². The number of aryl methyl sites for hydroxylation is 4. The van der Waals surface area contributed by atoms with Crippen molar-refractivity contribution in [3.63, 3.8) is 0 Å². The van der Waals surface area contributed by atoms with Crippen LogP contribution in [0.3, 0.4) is 0 Å². The van der Waals surface area contributed by atoms with E-state index in [-0.39, 0.29) is 0 Å². The van der Waals surface area contributed by atoms with Crippen LogP contribution in [0.25, 0.3) is 21.9 Å². The molecule has 0 N–H and O–H groups in total. The topological polar surface area (TPSA) is 29.5 Å². The van der Waals surface area contributed by atoms with Crippen LogP contribution in [0.5, 0.6) is 0 Å². The quantitative estimate of drug-likeness (QED) is 0.403. The van der Waals surface area contributed by atoms with Gasteiger partial charge in [0.05, 0.1) is 16.1 Å². The summed E-state index contributed by atoms with van der Waals surface area (Å²) in [6, 6.07) is 4.75. The molecule has 0 bridgehead atoms. The summed E-state index contributed by atoms with van der Waals surface area (Å²) in [5.41, 5.74) is 7.42. The van der Waals surface area contributed by atoms with Crippen molar-refractivity contribution in [3.8, 4) is 0 Å². The Kier molecular flexibility index (Phi) is 6.01. The molecule has 3 aromatic rings. The number of fused-ring (bicyclic) bond motifs is 3. The van der Waals surface area contributed by atoms with Gasteiger partial charge >= 0.3 is 8.16 Å². The van der Waals surface area contributed by atoms with Crippen LogP contribution < -0.4 is 15.0 Å². The van der Waals surface area contributed by atoms with E-state index >= 15 is 0 Å². The molecule has 0 amide bonds. The standard InChI is InChI=1S/C24H38NO2PSi2/c1-15-13-19(29(7,8)9)23-21(17(15)3)22-18(4)16(2)14-20(30(10,11)12)24(22)27-28(26-23)25(5)6/h13-14H,1-12H3. The summed E-state index contributed by atoms with van der Waals surface area (Å²) in [6.07, 6.45) is 0. The fourth-order valence-electron chi connectivity index (χ4n) is 4.03. The normalized spacial score (nSPS) is 13.0. The Labute approximate surface area is 185 Å². The van der Waals surface area contributed by atoms with Gasteiger partial charge in [0.1, 0.15) is 11.2 Å². The molecule has 2 aromatic carbocycles. The monoisotopic (exact) mass is 459 g/mol. The van der Waals surface area contributed by atoms with Crippen LogP contribution in [0.2, 0.25) is 39.3 Å². The minimum atomic E-state index is -1.64. The molecule has 0 spiro atoms. The van der Waals surface area contributed by atoms with Gasteiger partial charge in [0.2, 0.25) is 0 Å². The van der Waals surface area contributed by atoms with Gasteiger partial charge < -0.3 is 8.39 Å². The second-order valence-corrected chi connectivity index (χ2v) is 22.6. The fraction of sp³-hybridized carbons (Fsp3) is 0.500. The number of hydrogen-bond donors (Lipinski definition) is 0. The molecule has 0 radical (unpaired) electrons. The maximum atomic E-state index is 6.78. The van der Waals surface area contributed by atoms with Gasteiger partial charge in [-0.05, 0) is 60.3 Å². The molecule has 6 heteroatoms. The van der Waals surface area contributed by atoms with E-state index in [4.69, 9.17) is 8.39 Å². The van der Waals surface area contributed by atoms with Crippen LogP contribution >= 0.6 is 8.16 Å². The Morgan fingerprint density at radius 3 is 1.27 bits per heavy atom. The molecule has 0 aliphatic rings. The molecule has 164 valence electrons. The molecule has 30 heavy (non-hydrogen) atoms. The minimum Gasteiger partial charge on any atom is -0.408 e.